The van der Waals surface area contributed by atoms with Crippen LogP contribution in [-0.2, 0) is 0 Å². The van der Waals surface area contributed by atoms with Gasteiger partial charge in [-0.05, 0) is 24.3 Å². The molecule has 134 valence electrons. The van der Waals surface area contributed by atoms with Gasteiger partial charge in [-0.25, -0.2) is 0 Å². The minimum absolute atomic E-state index is 0.102. The maximum absolute atomic E-state index is 9.95. The van der Waals surface area contributed by atoms with Crippen molar-refractivity contribution < 1.29 is 5.11 Å². The lowest BCUT2D eigenvalue weighted by Gasteiger charge is -2.10. The molecule has 0 aromatic carbocycles. The van der Waals surface area contributed by atoms with Crippen LogP contribution in [0.2, 0.25) is 0 Å². The smallest absolute Gasteiger partial charge is 0.0720 e. The van der Waals surface area contributed by atoms with E-state index in [9.17, 15) is 5.11 Å². The zero-order chi connectivity index (χ0) is 16.3. The van der Waals surface area contributed by atoms with Gasteiger partial charge >= 0.3 is 0 Å². The van der Waals surface area contributed by atoms with Crippen LogP contribution in [0.15, 0.2) is 0 Å². The molecule has 0 saturated carbocycles. The molecule has 0 spiro atoms. The first kappa shape index (κ1) is 22.7. The Hall–Kier alpha value is 0.660. The van der Waals surface area contributed by atoms with E-state index < -0.39 is 0 Å². The standard InChI is InChI=1S/C19H40OS2/c1-3-5-7-9-11-13-15-21-17-19(20)18-22-16-14-12-10-8-6-4-2/h19-20H,3-18H2,1-2H3. The molecule has 0 bridgehead atoms. The van der Waals surface area contributed by atoms with Crippen molar-refractivity contribution >= 4 is 23.5 Å². The molecule has 0 heterocycles. The Morgan fingerprint density at radius 2 is 0.955 bits per heavy atom. The lowest BCUT2D eigenvalue weighted by molar-refractivity contribution is 0.225. The molecule has 0 radical (unpaired) electrons. The minimum Gasteiger partial charge on any atom is -0.391 e. The lowest BCUT2D eigenvalue weighted by atomic mass is 10.1. The van der Waals surface area contributed by atoms with Crippen molar-refractivity contribution in [3.05, 3.63) is 0 Å². The Balaban J connectivity index is 3.11. The normalized spacial score (nSPS) is 11.5. The molecule has 1 nitrogen and oxygen atoms in total. The van der Waals surface area contributed by atoms with Crippen LogP contribution in [0.25, 0.3) is 0 Å². The number of hydrogen-bond acceptors (Lipinski definition) is 3. The van der Waals surface area contributed by atoms with Crippen LogP contribution >= 0.6 is 23.5 Å². The number of rotatable bonds is 18. The molecule has 0 aliphatic heterocycles. The molecule has 22 heavy (non-hydrogen) atoms. The molecule has 0 aliphatic rings. The highest BCUT2D eigenvalue weighted by atomic mass is 32.2. The highest BCUT2D eigenvalue weighted by Crippen LogP contribution is 2.14. The van der Waals surface area contributed by atoms with Crippen molar-refractivity contribution in [2.75, 3.05) is 23.0 Å². The van der Waals surface area contributed by atoms with E-state index in [2.05, 4.69) is 13.8 Å². The predicted octanol–water partition coefficient (Wildman–Crippen LogP) is 6.53. The predicted molar refractivity (Wildman–Crippen MR) is 107 cm³/mol. The molecule has 0 aromatic rings. The number of thioether (sulfide) groups is 2. The fourth-order valence-corrected chi connectivity index (χ4v) is 4.53. The fourth-order valence-electron chi connectivity index (χ4n) is 2.46. The minimum atomic E-state index is -0.102. The van der Waals surface area contributed by atoms with E-state index in [1.54, 1.807) is 0 Å². The molecule has 0 fully saturated rings. The van der Waals surface area contributed by atoms with E-state index in [-0.39, 0.29) is 6.10 Å². The van der Waals surface area contributed by atoms with Gasteiger partial charge in [-0.15, -0.1) is 0 Å². The van der Waals surface area contributed by atoms with E-state index in [1.807, 2.05) is 23.5 Å². The van der Waals surface area contributed by atoms with E-state index in [0.29, 0.717) is 0 Å². The lowest BCUT2D eigenvalue weighted by Crippen LogP contribution is -2.13. The highest BCUT2D eigenvalue weighted by Gasteiger charge is 2.04. The average Bonchev–Trinajstić information content (AvgIpc) is 2.52. The third kappa shape index (κ3) is 18.7. The van der Waals surface area contributed by atoms with Gasteiger partial charge in [-0.3, -0.25) is 0 Å². The largest absolute Gasteiger partial charge is 0.391 e. The van der Waals surface area contributed by atoms with Gasteiger partial charge in [0.2, 0.25) is 0 Å². The van der Waals surface area contributed by atoms with E-state index in [0.717, 1.165) is 11.5 Å². The summed E-state index contributed by atoms with van der Waals surface area (Å²) in [6.07, 6.45) is 16.3. The van der Waals surface area contributed by atoms with E-state index in [1.165, 1.54) is 88.6 Å². The fraction of sp³-hybridized carbons (Fsp3) is 1.00. The number of aliphatic hydroxyl groups is 1. The van der Waals surface area contributed by atoms with Crippen molar-refractivity contribution in [2.45, 2.75) is 97.0 Å². The van der Waals surface area contributed by atoms with Crippen LogP contribution in [-0.4, -0.2) is 34.2 Å². The van der Waals surface area contributed by atoms with Gasteiger partial charge in [0.05, 0.1) is 6.10 Å². The highest BCUT2D eigenvalue weighted by molar-refractivity contribution is 8.00. The summed E-state index contributed by atoms with van der Waals surface area (Å²) in [5.41, 5.74) is 0. The summed E-state index contributed by atoms with van der Waals surface area (Å²) in [6.45, 7) is 4.53. The average molecular weight is 349 g/mol. The van der Waals surface area contributed by atoms with Gasteiger partial charge in [0.25, 0.3) is 0 Å². The second-order valence-corrected chi connectivity index (χ2v) is 8.64. The molecule has 0 saturated heterocycles. The second-order valence-electron chi connectivity index (χ2n) is 6.34. The summed E-state index contributed by atoms with van der Waals surface area (Å²) < 4.78 is 0. The molecular weight excluding hydrogens is 308 g/mol. The SMILES string of the molecule is CCCCCCCCSCC(O)CSCCCCCCCC. The molecule has 1 N–H and O–H groups in total. The summed E-state index contributed by atoms with van der Waals surface area (Å²) in [5.74, 6) is 4.31. The van der Waals surface area contributed by atoms with Gasteiger partial charge in [-0.2, -0.15) is 23.5 Å². The Morgan fingerprint density at radius 1 is 0.591 bits per heavy atom. The Kier molecular flexibility index (Phi) is 20.3. The van der Waals surface area contributed by atoms with Crippen molar-refractivity contribution in [3.8, 4) is 0 Å². The van der Waals surface area contributed by atoms with Crippen LogP contribution in [0.1, 0.15) is 90.9 Å². The first-order chi connectivity index (χ1) is 10.8. The Labute approximate surface area is 148 Å². The number of hydrogen-bond donors (Lipinski definition) is 1. The van der Waals surface area contributed by atoms with Gasteiger partial charge in [0.1, 0.15) is 0 Å². The third-order valence-electron chi connectivity index (χ3n) is 3.90. The molecule has 0 amide bonds. The molecule has 0 aliphatic carbocycles. The van der Waals surface area contributed by atoms with Crippen molar-refractivity contribution in [3.63, 3.8) is 0 Å². The van der Waals surface area contributed by atoms with E-state index in [4.69, 9.17) is 0 Å². The first-order valence-electron chi connectivity index (χ1n) is 9.64. The maximum Gasteiger partial charge on any atom is 0.0720 e. The van der Waals surface area contributed by atoms with Crippen molar-refractivity contribution in [1.29, 1.82) is 0 Å². The monoisotopic (exact) mass is 348 g/mol. The number of unbranched alkanes of at least 4 members (excludes halogenated alkanes) is 10. The molecular formula is C19H40OS2. The second kappa shape index (κ2) is 19.7. The van der Waals surface area contributed by atoms with Gasteiger partial charge in [0.15, 0.2) is 0 Å². The molecule has 0 rings (SSSR count). The topological polar surface area (TPSA) is 20.2 Å². The zero-order valence-corrected chi connectivity index (χ0v) is 16.8. The third-order valence-corrected chi connectivity index (χ3v) is 6.30. The maximum atomic E-state index is 9.95. The Bertz CT molecular complexity index is 180. The zero-order valence-electron chi connectivity index (χ0n) is 15.2. The van der Waals surface area contributed by atoms with Gasteiger partial charge in [-0.1, -0.05) is 78.1 Å². The van der Waals surface area contributed by atoms with Crippen molar-refractivity contribution in [2.24, 2.45) is 0 Å². The van der Waals surface area contributed by atoms with Crippen LogP contribution in [0.4, 0.5) is 0 Å². The van der Waals surface area contributed by atoms with Crippen LogP contribution in [0.3, 0.4) is 0 Å². The summed E-state index contributed by atoms with van der Waals surface area (Å²) in [5, 5.41) is 9.95. The van der Waals surface area contributed by atoms with Crippen LogP contribution in [0.5, 0.6) is 0 Å². The number of aliphatic hydroxyl groups excluding tert-OH is 1. The first-order valence-corrected chi connectivity index (χ1v) is 12.0. The molecule has 0 aromatic heterocycles. The summed E-state index contributed by atoms with van der Waals surface area (Å²) in [7, 11) is 0. The van der Waals surface area contributed by atoms with E-state index >= 15 is 0 Å². The molecule has 3 heteroatoms. The van der Waals surface area contributed by atoms with Crippen molar-refractivity contribution in [1.82, 2.24) is 0 Å². The van der Waals surface area contributed by atoms with Gasteiger partial charge < -0.3 is 5.11 Å². The summed E-state index contributed by atoms with van der Waals surface area (Å²) in [4.78, 5) is 0. The summed E-state index contributed by atoms with van der Waals surface area (Å²) in [6, 6.07) is 0. The quantitative estimate of drug-likeness (QED) is 0.284. The van der Waals surface area contributed by atoms with Crippen LogP contribution < -0.4 is 0 Å². The van der Waals surface area contributed by atoms with Crippen LogP contribution in [0, 0.1) is 0 Å². The molecule has 0 atom stereocenters. The van der Waals surface area contributed by atoms with Gasteiger partial charge in [0, 0.05) is 11.5 Å². The Morgan fingerprint density at radius 3 is 1.36 bits per heavy atom. The summed E-state index contributed by atoms with van der Waals surface area (Å²) >= 11 is 3.88. The molecule has 0 unspecified atom stereocenters.